The van der Waals surface area contributed by atoms with Crippen LogP contribution >= 0.6 is 0 Å². The highest BCUT2D eigenvalue weighted by molar-refractivity contribution is 5.78. The quantitative estimate of drug-likeness (QED) is 0.459. The Morgan fingerprint density at radius 2 is 1.69 bits per heavy atom. The standard InChI is InChI=1S/C24H31NO/c1-3-4-5-6-7-8-13-24(26)25-18(2)19-14-15-23-21(16-19)17-20-11-9-10-12-22(20)23/h9-12,14-16,18H,3-8,13,17H2,1-2H3,(H,25,26). The molecule has 0 saturated heterocycles. The van der Waals surface area contributed by atoms with Crippen molar-refractivity contribution in [1.29, 1.82) is 0 Å². The molecule has 0 fully saturated rings. The number of benzene rings is 2. The Bertz CT molecular complexity index is 750. The molecule has 2 aromatic rings. The number of nitrogens with one attached hydrogen (secondary N) is 1. The molecule has 3 rings (SSSR count). The van der Waals surface area contributed by atoms with Crippen LogP contribution in [0.3, 0.4) is 0 Å². The second-order valence-electron chi connectivity index (χ2n) is 7.56. The molecular formula is C24H31NO. The SMILES string of the molecule is CCCCCCCCC(=O)NC(C)c1ccc2c(c1)Cc1ccccc1-2. The van der Waals surface area contributed by atoms with Gasteiger partial charge in [-0.05, 0) is 47.6 Å². The van der Waals surface area contributed by atoms with Crippen LogP contribution in [0, 0.1) is 0 Å². The molecule has 1 N–H and O–H groups in total. The maximum absolute atomic E-state index is 12.2. The van der Waals surface area contributed by atoms with E-state index in [1.54, 1.807) is 0 Å². The maximum Gasteiger partial charge on any atom is 0.220 e. The maximum atomic E-state index is 12.2. The molecular weight excluding hydrogens is 318 g/mol. The summed E-state index contributed by atoms with van der Waals surface area (Å²) >= 11 is 0. The Morgan fingerprint density at radius 1 is 0.962 bits per heavy atom. The number of carbonyl (C=O) groups is 1. The molecule has 1 aliphatic rings. The highest BCUT2D eigenvalue weighted by Crippen LogP contribution is 2.37. The monoisotopic (exact) mass is 349 g/mol. The summed E-state index contributed by atoms with van der Waals surface area (Å²) in [6.45, 7) is 4.31. The van der Waals surface area contributed by atoms with E-state index in [0.29, 0.717) is 6.42 Å². The molecule has 0 spiro atoms. The van der Waals surface area contributed by atoms with Gasteiger partial charge in [-0.25, -0.2) is 0 Å². The third kappa shape index (κ3) is 4.55. The minimum Gasteiger partial charge on any atom is -0.350 e. The largest absolute Gasteiger partial charge is 0.350 e. The third-order valence-electron chi connectivity index (χ3n) is 5.45. The van der Waals surface area contributed by atoms with Gasteiger partial charge in [0.15, 0.2) is 0 Å². The van der Waals surface area contributed by atoms with Crippen LogP contribution in [0.15, 0.2) is 42.5 Å². The lowest BCUT2D eigenvalue weighted by Gasteiger charge is -2.16. The van der Waals surface area contributed by atoms with Crippen LogP contribution in [0.25, 0.3) is 11.1 Å². The first kappa shape index (κ1) is 18.7. The van der Waals surface area contributed by atoms with Gasteiger partial charge in [0.1, 0.15) is 0 Å². The summed E-state index contributed by atoms with van der Waals surface area (Å²) in [7, 11) is 0. The fraction of sp³-hybridized carbons (Fsp3) is 0.458. The first-order valence-electron chi connectivity index (χ1n) is 10.2. The molecule has 2 heteroatoms. The summed E-state index contributed by atoms with van der Waals surface area (Å²) in [4.78, 5) is 12.2. The Balaban J connectivity index is 1.51. The van der Waals surface area contributed by atoms with Crippen molar-refractivity contribution in [3.05, 3.63) is 59.2 Å². The van der Waals surface area contributed by atoms with Gasteiger partial charge in [-0.15, -0.1) is 0 Å². The molecule has 1 unspecified atom stereocenters. The number of fused-ring (bicyclic) bond motifs is 3. The van der Waals surface area contributed by atoms with Crippen LogP contribution in [-0.2, 0) is 11.2 Å². The first-order valence-corrected chi connectivity index (χ1v) is 10.2. The second-order valence-corrected chi connectivity index (χ2v) is 7.56. The van der Waals surface area contributed by atoms with Crippen LogP contribution in [0.5, 0.6) is 0 Å². The van der Waals surface area contributed by atoms with Crippen molar-refractivity contribution in [2.45, 2.75) is 71.3 Å². The van der Waals surface area contributed by atoms with E-state index in [4.69, 9.17) is 0 Å². The summed E-state index contributed by atoms with van der Waals surface area (Å²) in [5.41, 5.74) is 6.68. The van der Waals surface area contributed by atoms with E-state index < -0.39 is 0 Å². The van der Waals surface area contributed by atoms with E-state index in [2.05, 4.69) is 61.6 Å². The Hall–Kier alpha value is -2.09. The second kappa shape index (κ2) is 9.02. The van der Waals surface area contributed by atoms with Crippen molar-refractivity contribution < 1.29 is 4.79 Å². The predicted octanol–water partition coefficient (Wildman–Crippen LogP) is 6.19. The van der Waals surface area contributed by atoms with Crippen molar-refractivity contribution in [3.63, 3.8) is 0 Å². The fourth-order valence-corrected chi connectivity index (χ4v) is 3.90. The van der Waals surface area contributed by atoms with Crippen LogP contribution in [0.2, 0.25) is 0 Å². The zero-order valence-electron chi connectivity index (χ0n) is 16.2. The van der Waals surface area contributed by atoms with E-state index in [9.17, 15) is 4.79 Å². The number of hydrogen-bond donors (Lipinski definition) is 1. The molecule has 2 nitrogen and oxygen atoms in total. The lowest BCUT2D eigenvalue weighted by molar-refractivity contribution is -0.121. The number of unbranched alkanes of at least 4 members (excludes halogenated alkanes) is 5. The minimum atomic E-state index is 0.0663. The van der Waals surface area contributed by atoms with Gasteiger partial charge >= 0.3 is 0 Å². The van der Waals surface area contributed by atoms with Crippen molar-refractivity contribution in [2.24, 2.45) is 0 Å². The smallest absolute Gasteiger partial charge is 0.220 e. The van der Waals surface area contributed by atoms with Gasteiger partial charge in [-0.1, -0.05) is 81.5 Å². The molecule has 0 bridgehead atoms. The average Bonchev–Trinajstić information content (AvgIpc) is 3.02. The van der Waals surface area contributed by atoms with Gasteiger partial charge < -0.3 is 5.32 Å². The zero-order chi connectivity index (χ0) is 18.4. The molecule has 0 radical (unpaired) electrons. The van der Waals surface area contributed by atoms with Crippen molar-refractivity contribution in [1.82, 2.24) is 5.32 Å². The summed E-state index contributed by atoms with van der Waals surface area (Å²) in [5.74, 6) is 0.178. The molecule has 1 atom stereocenters. The fourth-order valence-electron chi connectivity index (χ4n) is 3.90. The topological polar surface area (TPSA) is 29.1 Å². The van der Waals surface area contributed by atoms with Gasteiger partial charge in [0, 0.05) is 6.42 Å². The Morgan fingerprint density at radius 3 is 2.54 bits per heavy atom. The summed E-state index contributed by atoms with van der Waals surface area (Å²) in [6, 6.07) is 15.3. The number of carbonyl (C=O) groups excluding carboxylic acids is 1. The summed E-state index contributed by atoms with van der Waals surface area (Å²) < 4.78 is 0. The van der Waals surface area contributed by atoms with Crippen molar-refractivity contribution in [3.8, 4) is 11.1 Å². The molecule has 0 aromatic heterocycles. The zero-order valence-corrected chi connectivity index (χ0v) is 16.2. The molecule has 1 amide bonds. The lowest BCUT2D eigenvalue weighted by Crippen LogP contribution is -2.26. The first-order chi connectivity index (χ1) is 12.7. The molecule has 2 aromatic carbocycles. The van der Waals surface area contributed by atoms with Gasteiger partial charge in [0.05, 0.1) is 6.04 Å². The highest BCUT2D eigenvalue weighted by atomic mass is 16.1. The Labute approximate surface area is 158 Å². The van der Waals surface area contributed by atoms with E-state index in [1.165, 1.54) is 59.9 Å². The summed E-state index contributed by atoms with van der Waals surface area (Å²) in [6.07, 6.45) is 8.94. The van der Waals surface area contributed by atoms with E-state index in [1.807, 2.05) is 0 Å². The molecule has 0 aliphatic heterocycles. The normalized spacial score (nSPS) is 13.2. The van der Waals surface area contributed by atoms with Crippen LogP contribution in [0.1, 0.15) is 81.5 Å². The van der Waals surface area contributed by atoms with E-state index in [-0.39, 0.29) is 11.9 Å². The van der Waals surface area contributed by atoms with E-state index >= 15 is 0 Å². The van der Waals surface area contributed by atoms with Gasteiger partial charge in [0.2, 0.25) is 5.91 Å². The highest BCUT2D eigenvalue weighted by Gasteiger charge is 2.19. The van der Waals surface area contributed by atoms with Gasteiger partial charge in [-0.2, -0.15) is 0 Å². The minimum absolute atomic E-state index is 0.0663. The third-order valence-corrected chi connectivity index (χ3v) is 5.45. The molecule has 138 valence electrons. The number of rotatable bonds is 9. The van der Waals surface area contributed by atoms with Crippen LogP contribution in [0.4, 0.5) is 0 Å². The van der Waals surface area contributed by atoms with Crippen molar-refractivity contribution in [2.75, 3.05) is 0 Å². The molecule has 1 aliphatic carbocycles. The van der Waals surface area contributed by atoms with Gasteiger partial charge in [-0.3, -0.25) is 4.79 Å². The molecule has 26 heavy (non-hydrogen) atoms. The molecule has 0 saturated carbocycles. The summed E-state index contributed by atoms with van der Waals surface area (Å²) in [5, 5.41) is 3.17. The van der Waals surface area contributed by atoms with E-state index in [0.717, 1.165) is 12.8 Å². The van der Waals surface area contributed by atoms with Crippen molar-refractivity contribution >= 4 is 5.91 Å². The van der Waals surface area contributed by atoms with Crippen LogP contribution < -0.4 is 5.32 Å². The Kier molecular flexibility index (Phi) is 6.49. The predicted molar refractivity (Wildman–Crippen MR) is 109 cm³/mol. The van der Waals surface area contributed by atoms with Gasteiger partial charge in [0.25, 0.3) is 0 Å². The average molecular weight is 350 g/mol. The lowest BCUT2D eigenvalue weighted by atomic mass is 10.00. The number of amides is 1. The van der Waals surface area contributed by atoms with Crippen LogP contribution in [-0.4, -0.2) is 5.91 Å². The molecule has 0 heterocycles. The number of hydrogen-bond acceptors (Lipinski definition) is 1.